The minimum absolute atomic E-state index is 0.0307. The number of nitrogens with zero attached hydrogens (tertiary/aromatic N) is 1. The van der Waals surface area contributed by atoms with Crippen molar-refractivity contribution in [2.75, 3.05) is 18.0 Å². The van der Waals surface area contributed by atoms with Gasteiger partial charge in [-0.15, -0.1) is 0 Å². The van der Waals surface area contributed by atoms with Crippen LogP contribution < -0.4 is 16.4 Å². The van der Waals surface area contributed by atoms with Crippen molar-refractivity contribution in [3.8, 4) is 0 Å². The van der Waals surface area contributed by atoms with Crippen LogP contribution in [0.15, 0.2) is 18.2 Å². The molecule has 0 radical (unpaired) electrons. The van der Waals surface area contributed by atoms with Crippen LogP contribution in [0.25, 0.3) is 0 Å². The van der Waals surface area contributed by atoms with Gasteiger partial charge in [-0.1, -0.05) is 23.8 Å². The maximum atomic E-state index is 11.2. The molecular weight excluding hydrogens is 282 g/mol. The summed E-state index contributed by atoms with van der Waals surface area (Å²) in [4.78, 5) is 13.7. The van der Waals surface area contributed by atoms with E-state index >= 15 is 0 Å². The Balaban J connectivity index is 2.20. The van der Waals surface area contributed by atoms with Crippen molar-refractivity contribution in [2.24, 2.45) is 17.4 Å². The molecule has 1 heterocycles. The largest absolute Gasteiger partial charge is 0.389 e. The number of thiocarbonyl (C=S) groups is 1. The van der Waals surface area contributed by atoms with Crippen LogP contribution in [-0.4, -0.2) is 24.0 Å². The van der Waals surface area contributed by atoms with E-state index in [-0.39, 0.29) is 11.8 Å². The third-order valence-electron chi connectivity index (χ3n) is 3.46. The van der Waals surface area contributed by atoms with Crippen molar-refractivity contribution in [3.63, 3.8) is 0 Å². The Hall–Kier alpha value is -1.33. The van der Waals surface area contributed by atoms with Gasteiger partial charge in [0.25, 0.3) is 0 Å². The predicted octanol–water partition coefficient (Wildman–Crippen LogP) is 1.68. The minimum Gasteiger partial charge on any atom is -0.389 e. The van der Waals surface area contributed by atoms with Gasteiger partial charge in [-0.2, -0.15) is 0 Å². The number of nitrogens with two attached hydrogens (primary N) is 2. The van der Waals surface area contributed by atoms with E-state index < -0.39 is 0 Å². The number of benzene rings is 1. The summed E-state index contributed by atoms with van der Waals surface area (Å²) in [5.41, 5.74) is 12.8. The van der Waals surface area contributed by atoms with Crippen LogP contribution in [0.3, 0.4) is 0 Å². The van der Waals surface area contributed by atoms with Crippen molar-refractivity contribution < 1.29 is 4.79 Å². The highest BCUT2D eigenvalue weighted by atomic mass is 35.5. The summed E-state index contributed by atoms with van der Waals surface area (Å²) in [6, 6.07) is 5.51. The quantitative estimate of drug-likeness (QED) is 0.833. The van der Waals surface area contributed by atoms with E-state index in [2.05, 4.69) is 4.90 Å². The molecule has 0 spiro atoms. The summed E-state index contributed by atoms with van der Waals surface area (Å²) >= 11 is 11.0. The average Bonchev–Trinajstić information content (AvgIpc) is 2.38. The number of carbonyl (C=O) groups is 1. The number of hydrogen-bond acceptors (Lipinski definition) is 3. The molecule has 1 amide bonds. The standard InChI is InChI=1S/C13H16ClN3OS/c14-9-1-2-11(10(7-9)13(16)19)17-5-3-8(4-6-17)12(15)18/h1-2,7-8H,3-6H2,(H2,15,18)(H2,16,19). The number of primary amides is 1. The number of carbonyl (C=O) groups excluding carboxylic acids is 1. The molecule has 0 atom stereocenters. The summed E-state index contributed by atoms with van der Waals surface area (Å²) < 4.78 is 0. The third kappa shape index (κ3) is 3.16. The molecule has 0 aromatic heterocycles. The highest BCUT2D eigenvalue weighted by Gasteiger charge is 2.24. The van der Waals surface area contributed by atoms with Gasteiger partial charge in [0.05, 0.1) is 0 Å². The minimum atomic E-state index is -0.217. The van der Waals surface area contributed by atoms with E-state index in [1.165, 1.54) is 0 Å². The summed E-state index contributed by atoms with van der Waals surface area (Å²) in [5, 5.41) is 0.610. The third-order valence-corrected chi connectivity index (χ3v) is 3.92. The lowest BCUT2D eigenvalue weighted by molar-refractivity contribution is -0.122. The SMILES string of the molecule is NC(=O)C1CCN(c2ccc(Cl)cc2C(N)=S)CC1. The number of hydrogen-bond donors (Lipinski definition) is 2. The Morgan fingerprint density at radius 2 is 1.95 bits per heavy atom. The van der Waals surface area contributed by atoms with Gasteiger partial charge in [0.2, 0.25) is 5.91 Å². The van der Waals surface area contributed by atoms with E-state index in [0.29, 0.717) is 10.0 Å². The van der Waals surface area contributed by atoms with Crippen LogP contribution in [0.4, 0.5) is 5.69 Å². The predicted molar refractivity (Wildman–Crippen MR) is 81.5 cm³/mol. The number of halogens is 1. The molecular formula is C13H16ClN3OS. The maximum Gasteiger partial charge on any atom is 0.220 e. The summed E-state index contributed by atoms with van der Waals surface area (Å²) in [6.45, 7) is 1.54. The molecule has 0 unspecified atom stereocenters. The molecule has 1 saturated heterocycles. The maximum absolute atomic E-state index is 11.2. The van der Waals surface area contributed by atoms with Crippen LogP contribution in [0, 0.1) is 5.92 Å². The zero-order valence-corrected chi connectivity index (χ0v) is 12.0. The fourth-order valence-electron chi connectivity index (χ4n) is 2.39. The zero-order valence-electron chi connectivity index (χ0n) is 10.4. The molecule has 4 N–H and O–H groups in total. The molecule has 6 heteroatoms. The van der Waals surface area contributed by atoms with E-state index in [1.54, 1.807) is 6.07 Å². The molecule has 1 fully saturated rings. The Labute approximate surface area is 122 Å². The van der Waals surface area contributed by atoms with Crippen molar-refractivity contribution in [1.29, 1.82) is 0 Å². The number of rotatable bonds is 3. The number of amides is 1. The van der Waals surface area contributed by atoms with E-state index in [1.807, 2.05) is 12.1 Å². The molecule has 1 aliphatic rings. The van der Waals surface area contributed by atoms with Gasteiger partial charge in [-0.3, -0.25) is 4.79 Å². The molecule has 102 valence electrons. The second kappa shape index (κ2) is 5.75. The van der Waals surface area contributed by atoms with Gasteiger partial charge >= 0.3 is 0 Å². The normalized spacial score (nSPS) is 16.4. The Morgan fingerprint density at radius 1 is 1.32 bits per heavy atom. The summed E-state index contributed by atoms with van der Waals surface area (Å²) in [5.74, 6) is -0.248. The molecule has 4 nitrogen and oxygen atoms in total. The van der Waals surface area contributed by atoms with Crippen LogP contribution in [0.1, 0.15) is 18.4 Å². The first kappa shape index (κ1) is 14.1. The first-order chi connectivity index (χ1) is 8.99. The van der Waals surface area contributed by atoms with E-state index in [0.717, 1.165) is 37.2 Å². The van der Waals surface area contributed by atoms with Gasteiger partial charge in [0, 0.05) is 35.3 Å². The number of piperidine rings is 1. The lowest BCUT2D eigenvalue weighted by Crippen LogP contribution is -2.39. The lowest BCUT2D eigenvalue weighted by Gasteiger charge is -2.33. The summed E-state index contributed by atoms with van der Waals surface area (Å²) in [7, 11) is 0. The second-order valence-corrected chi connectivity index (χ2v) is 5.57. The first-order valence-electron chi connectivity index (χ1n) is 6.12. The van der Waals surface area contributed by atoms with Crippen LogP contribution >= 0.6 is 23.8 Å². The topological polar surface area (TPSA) is 72.4 Å². The van der Waals surface area contributed by atoms with Crippen molar-refractivity contribution in [1.82, 2.24) is 0 Å². The average molecular weight is 298 g/mol. The fraction of sp³-hybridized carbons (Fsp3) is 0.385. The van der Waals surface area contributed by atoms with Crippen molar-refractivity contribution >= 4 is 40.4 Å². The second-order valence-electron chi connectivity index (χ2n) is 4.69. The van der Waals surface area contributed by atoms with Crippen LogP contribution in [0.2, 0.25) is 5.02 Å². The molecule has 0 bridgehead atoms. The lowest BCUT2D eigenvalue weighted by atomic mass is 9.95. The first-order valence-corrected chi connectivity index (χ1v) is 6.91. The monoisotopic (exact) mass is 297 g/mol. The van der Waals surface area contributed by atoms with E-state index in [9.17, 15) is 4.79 Å². The Bertz CT molecular complexity index is 513. The van der Waals surface area contributed by atoms with Crippen molar-refractivity contribution in [2.45, 2.75) is 12.8 Å². The molecule has 1 aromatic carbocycles. The van der Waals surface area contributed by atoms with Gasteiger partial charge in [-0.05, 0) is 31.0 Å². The number of anilines is 1. The Morgan fingerprint density at radius 3 is 2.47 bits per heavy atom. The van der Waals surface area contributed by atoms with Crippen LogP contribution in [0.5, 0.6) is 0 Å². The van der Waals surface area contributed by atoms with Crippen LogP contribution in [-0.2, 0) is 4.79 Å². The van der Waals surface area contributed by atoms with Gasteiger partial charge in [0.1, 0.15) is 4.99 Å². The zero-order chi connectivity index (χ0) is 14.0. The molecule has 19 heavy (non-hydrogen) atoms. The highest BCUT2D eigenvalue weighted by molar-refractivity contribution is 7.80. The molecule has 1 aliphatic heterocycles. The molecule has 2 rings (SSSR count). The van der Waals surface area contributed by atoms with Gasteiger partial charge in [0.15, 0.2) is 0 Å². The molecule has 0 aliphatic carbocycles. The van der Waals surface area contributed by atoms with Gasteiger partial charge < -0.3 is 16.4 Å². The fourth-order valence-corrected chi connectivity index (χ4v) is 2.72. The molecule has 1 aromatic rings. The summed E-state index contributed by atoms with van der Waals surface area (Å²) in [6.07, 6.45) is 1.52. The molecule has 0 saturated carbocycles. The van der Waals surface area contributed by atoms with Gasteiger partial charge in [-0.25, -0.2) is 0 Å². The smallest absolute Gasteiger partial charge is 0.220 e. The van der Waals surface area contributed by atoms with Crippen molar-refractivity contribution in [3.05, 3.63) is 28.8 Å². The van der Waals surface area contributed by atoms with E-state index in [4.69, 9.17) is 35.3 Å². The highest BCUT2D eigenvalue weighted by Crippen LogP contribution is 2.28. The Kier molecular flexibility index (Phi) is 4.27.